The van der Waals surface area contributed by atoms with E-state index in [2.05, 4.69) is 31.9 Å². The Morgan fingerprint density at radius 2 is 1.70 bits per heavy atom. The van der Waals surface area contributed by atoms with Gasteiger partial charge in [-0.3, -0.25) is 0 Å². The lowest BCUT2D eigenvalue weighted by molar-refractivity contribution is -0.0440. The Hall–Kier alpha value is 0.0500. The molecule has 1 aromatic rings. The predicted octanol–water partition coefficient (Wildman–Crippen LogP) is 3.32. The molecule has 4 nitrogen and oxygen atoms in total. The molecule has 0 aromatic heterocycles. The molecule has 1 aliphatic heterocycles. The van der Waals surface area contributed by atoms with Crippen LogP contribution in [0.25, 0.3) is 0 Å². The van der Waals surface area contributed by atoms with Gasteiger partial charge in [-0.25, -0.2) is 8.42 Å². The van der Waals surface area contributed by atoms with Gasteiger partial charge in [0.05, 0.1) is 17.1 Å². The molecule has 0 amide bonds. The maximum atomic E-state index is 12.8. The number of morpholine rings is 1. The Morgan fingerprint density at radius 1 is 1.15 bits per heavy atom. The number of hydrogen-bond donors (Lipinski definition) is 0. The minimum absolute atomic E-state index is 0.0961. The van der Waals surface area contributed by atoms with Gasteiger partial charge >= 0.3 is 0 Å². The van der Waals surface area contributed by atoms with Crippen molar-refractivity contribution in [3.05, 3.63) is 26.6 Å². The minimum Gasteiger partial charge on any atom is -0.373 e. The van der Waals surface area contributed by atoms with E-state index < -0.39 is 10.0 Å². The molecule has 2 unspecified atom stereocenters. The summed E-state index contributed by atoms with van der Waals surface area (Å²) in [4.78, 5) is 0.288. The van der Waals surface area contributed by atoms with Gasteiger partial charge in [0, 0.05) is 22.0 Å². The molecule has 1 saturated heterocycles. The highest BCUT2D eigenvalue weighted by molar-refractivity contribution is 9.11. The molecule has 1 aliphatic rings. The zero-order valence-corrected chi connectivity index (χ0v) is 15.5. The lowest BCUT2D eigenvalue weighted by atomic mass is 10.2. The van der Waals surface area contributed by atoms with Gasteiger partial charge in [0.15, 0.2) is 0 Å². The Kier molecular flexibility index (Phi) is 4.96. The fourth-order valence-electron chi connectivity index (χ4n) is 2.29. The molecule has 0 spiro atoms. The van der Waals surface area contributed by atoms with Crippen LogP contribution in [0.1, 0.15) is 19.4 Å². The predicted molar refractivity (Wildman–Crippen MR) is 85.3 cm³/mol. The van der Waals surface area contributed by atoms with Crippen LogP contribution in [-0.4, -0.2) is 38.0 Å². The smallest absolute Gasteiger partial charge is 0.244 e. The highest BCUT2D eigenvalue weighted by Crippen LogP contribution is 2.31. The first-order valence-corrected chi connectivity index (χ1v) is 9.35. The molecule has 2 rings (SSSR count). The van der Waals surface area contributed by atoms with E-state index in [0.29, 0.717) is 17.6 Å². The first-order chi connectivity index (χ1) is 9.21. The Labute approximate surface area is 136 Å². The van der Waals surface area contributed by atoms with Crippen LogP contribution < -0.4 is 0 Å². The van der Waals surface area contributed by atoms with E-state index in [1.165, 1.54) is 4.31 Å². The number of benzene rings is 1. The van der Waals surface area contributed by atoms with E-state index in [-0.39, 0.29) is 17.1 Å². The van der Waals surface area contributed by atoms with Gasteiger partial charge in [0.2, 0.25) is 10.0 Å². The van der Waals surface area contributed by atoms with Crippen LogP contribution in [0, 0.1) is 6.92 Å². The average Bonchev–Trinajstić information content (AvgIpc) is 2.32. The molecule has 0 radical (unpaired) electrons. The van der Waals surface area contributed by atoms with E-state index in [1.807, 2.05) is 26.8 Å². The molecule has 7 heteroatoms. The molecule has 20 heavy (non-hydrogen) atoms. The lowest BCUT2D eigenvalue weighted by Gasteiger charge is -2.34. The number of ether oxygens (including phenoxy) is 1. The van der Waals surface area contributed by atoms with Gasteiger partial charge in [-0.05, 0) is 54.4 Å². The topological polar surface area (TPSA) is 46.6 Å². The van der Waals surface area contributed by atoms with Crippen LogP contribution in [0.15, 0.2) is 26.0 Å². The minimum atomic E-state index is -3.52. The number of sulfonamides is 1. The van der Waals surface area contributed by atoms with E-state index in [0.717, 1.165) is 10.0 Å². The molecule has 2 atom stereocenters. The second kappa shape index (κ2) is 6.04. The first-order valence-electron chi connectivity index (χ1n) is 6.33. The molecule has 1 fully saturated rings. The second-order valence-electron chi connectivity index (χ2n) is 5.11. The van der Waals surface area contributed by atoms with Crippen molar-refractivity contribution in [3.8, 4) is 0 Å². The number of nitrogens with zero attached hydrogens (tertiary/aromatic N) is 1. The second-order valence-corrected chi connectivity index (χ2v) is 8.73. The monoisotopic (exact) mass is 425 g/mol. The number of hydrogen-bond acceptors (Lipinski definition) is 3. The van der Waals surface area contributed by atoms with Gasteiger partial charge in [0.1, 0.15) is 0 Å². The zero-order chi connectivity index (χ0) is 15.1. The van der Waals surface area contributed by atoms with Gasteiger partial charge in [0.25, 0.3) is 0 Å². The quantitative estimate of drug-likeness (QED) is 0.728. The number of aryl methyl sites for hydroxylation is 1. The van der Waals surface area contributed by atoms with E-state index in [1.54, 1.807) is 6.07 Å². The van der Waals surface area contributed by atoms with Crippen molar-refractivity contribution in [3.63, 3.8) is 0 Å². The molecule has 1 aromatic carbocycles. The van der Waals surface area contributed by atoms with Crippen LogP contribution >= 0.6 is 31.9 Å². The maximum Gasteiger partial charge on any atom is 0.244 e. The molecule has 0 bridgehead atoms. The van der Waals surface area contributed by atoms with Crippen molar-refractivity contribution in [2.75, 3.05) is 13.1 Å². The third kappa shape index (κ3) is 3.27. The fourth-order valence-corrected chi connectivity index (χ4v) is 5.52. The molecule has 0 aliphatic carbocycles. The van der Waals surface area contributed by atoms with Crippen molar-refractivity contribution in [1.29, 1.82) is 0 Å². The molecule has 1 heterocycles. The highest BCUT2D eigenvalue weighted by atomic mass is 79.9. The van der Waals surface area contributed by atoms with Crippen molar-refractivity contribution in [2.24, 2.45) is 0 Å². The van der Waals surface area contributed by atoms with Crippen LogP contribution in [0.4, 0.5) is 0 Å². The van der Waals surface area contributed by atoms with Crippen LogP contribution in [-0.2, 0) is 14.8 Å². The summed E-state index contributed by atoms with van der Waals surface area (Å²) in [5.41, 5.74) is 0.986. The Bertz CT molecular complexity index is 608. The standard InChI is InChI=1S/C13H17Br2NO3S/c1-8-4-12(15)13(5-11(8)14)20(17,18)16-6-9(2)19-10(3)7-16/h4-5,9-10H,6-7H2,1-3H3. The molecule has 0 N–H and O–H groups in total. The van der Waals surface area contributed by atoms with Gasteiger partial charge < -0.3 is 4.74 Å². The number of halogens is 2. The van der Waals surface area contributed by atoms with Crippen molar-refractivity contribution in [2.45, 2.75) is 37.9 Å². The van der Waals surface area contributed by atoms with Crippen molar-refractivity contribution >= 4 is 41.9 Å². The van der Waals surface area contributed by atoms with E-state index >= 15 is 0 Å². The molecule has 112 valence electrons. The maximum absolute atomic E-state index is 12.8. The van der Waals surface area contributed by atoms with Gasteiger partial charge in [-0.2, -0.15) is 4.31 Å². The van der Waals surface area contributed by atoms with E-state index in [4.69, 9.17) is 4.74 Å². The summed E-state index contributed by atoms with van der Waals surface area (Å²) in [6, 6.07) is 3.46. The summed E-state index contributed by atoms with van der Waals surface area (Å²) in [6.07, 6.45) is -0.192. The summed E-state index contributed by atoms with van der Waals surface area (Å²) in [5.74, 6) is 0. The largest absolute Gasteiger partial charge is 0.373 e. The van der Waals surface area contributed by atoms with Crippen LogP contribution in [0.2, 0.25) is 0 Å². The Balaban J connectivity index is 2.42. The van der Waals surface area contributed by atoms with Gasteiger partial charge in [-0.15, -0.1) is 0 Å². The summed E-state index contributed by atoms with van der Waals surface area (Å²) in [7, 11) is -3.52. The highest BCUT2D eigenvalue weighted by Gasteiger charge is 2.33. The summed E-state index contributed by atoms with van der Waals surface area (Å²) in [6.45, 7) is 6.45. The normalized spacial score (nSPS) is 24.9. The fraction of sp³-hybridized carbons (Fsp3) is 0.538. The average molecular weight is 427 g/mol. The molecule has 0 saturated carbocycles. The van der Waals surface area contributed by atoms with Crippen LogP contribution in [0.3, 0.4) is 0 Å². The van der Waals surface area contributed by atoms with Crippen molar-refractivity contribution in [1.82, 2.24) is 4.31 Å². The molecular formula is C13H17Br2NO3S. The zero-order valence-electron chi connectivity index (χ0n) is 11.6. The summed E-state index contributed by atoms with van der Waals surface area (Å²) < 4.78 is 34.0. The number of rotatable bonds is 2. The third-order valence-corrected chi connectivity index (χ3v) is 6.86. The summed E-state index contributed by atoms with van der Waals surface area (Å²) >= 11 is 6.75. The van der Waals surface area contributed by atoms with Crippen LogP contribution in [0.5, 0.6) is 0 Å². The van der Waals surface area contributed by atoms with Gasteiger partial charge in [-0.1, -0.05) is 15.9 Å². The summed E-state index contributed by atoms with van der Waals surface area (Å²) in [5, 5.41) is 0. The lowest BCUT2D eigenvalue weighted by Crippen LogP contribution is -2.48. The first kappa shape index (κ1) is 16.4. The molecular weight excluding hydrogens is 410 g/mol. The Morgan fingerprint density at radius 3 is 2.25 bits per heavy atom. The third-order valence-electron chi connectivity index (χ3n) is 3.22. The van der Waals surface area contributed by atoms with Crippen molar-refractivity contribution < 1.29 is 13.2 Å². The SMILES string of the molecule is Cc1cc(Br)c(S(=O)(=O)N2CC(C)OC(C)C2)cc1Br. The van der Waals surface area contributed by atoms with E-state index in [9.17, 15) is 8.42 Å².